The summed E-state index contributed by atoms with van der Waals surface area (Å²) in [6.07, 6.45) is 5.21. The van der Waals surface area contributed by atoms with Gasteiger partial charge in [-0.15, -0.1) is 0 Å². The Balaban J connectivity index is 3.01. The molecule has 0 bridgehead atoms. The van der Waals surface area contributed by atoms with Crippen LogP contribution in [0.5, 0.6) is 0 Å². The second kappa shape index (κ2) is 9.22. The maximum atomic E-state index is 11.4. The van der Waals surface area contributed by atoms with E-state index in [4.69, 9.17) is 4.74 Å². The van der Waals surface area contributed by atoms with Gasteiger partial charge < -0.3 is 9.84 Å². The first-order chi connectivity index (χ1) is 10.1. The van der Waals surface area contributed by atoms with Gasteiger partial charge in [-0.2, -0.15) is 0 Å². The molecule has 0 spiro atoms. The normalized spacial score (nSPS) is 13.5. The van der Waals surface area contributed by atoms with Crippen molar-refractivity contribution in [3.05, 3.63) is 41.7 Å². The highest BCUT2D eigenvalue weighted by atomic mass is 16.5. The van der Waals surface area contributed by atoms with E-state index >= 15 is 0 Å². The lowest BCUT2D eigenvalue weighted by molar-refractivity contribution is -0.135. The van der Waals surface area contributed by atoms with E-state index in [-0.39, 0.29) is 5.76 Å². The zero-order chi connectivity index (χ0) is 15.7. The molecule has 1 N–H and O–H groups in total. The number of allylic oxidation sites excluding steroid dienone is 1. The molecule has 0 heterocycles. The Labute approximate surface area is 127 Å². The Morgan fingerprint density at radius 2 is 1.86 bits per heavy atom. The van der Waals surface area contributed by atoms with Gasteiger partial charge in [-0.05, 0) is 24.3 Å². The fourth-order valence-corrected chi connectivity index (χ4v) is 2.68. The van der Waals surface area contributed by atoms with Crippen LogP contribution in [-0.4, -0.2) is 18.2 Å². The average molecular weight is 290 g/mol. The number of hydrogen-bond donors (Lipinski definition) is 1. The highest BCUT2D eigenvalue weighted by molar-refractivity contribution is 5.94. The van der Waals surface area contributed by atoms with Crippen LogP contribution in [0.4, 0.5) is 0 Å². The molecule has 1 aromatic rings. The lowest BCUT2D eigenvalue weighted by Gasteiger charge is -2.17. The van der Waals surface area contributed by atoms with Crippen molar-refractivity contribution in [1.29, 1.82) is 0 Å². The molecular formula is C18H26O3. The first-order valence-corrected chi connectivity index (χ1v) is 7.69. The Bertz CT molecular complexity index is 463. The molecule has 116 valence electrons. The molecule has 21 heavy (non-hydrogen) atoms. The van der Waals surface area contributed by atoms with Crippen molar-refractivity contribution < 1.29 is 14.6 Å². The summed E-state index contributed by atoms with van der Waals surface area (Å²) in [5, 5.41) is 9.35. The number of rotatable bonds is 9. The van der Waals surface area contributed by atoms with Gasteiger partial charge in [0.15, 0.2) is 0 Å². The van der Waals surface area contributed by atoms with E-state index in [9.17, 15) is 9.90 Å². The first-order valence-electron chi connectivity index (χ1n) is 7.69. The molecule has 3 heteroatoms. The fraction of sp³-hybridized carbons (Fsp3) is 0.500. The summed E-state index contributed by atoms with van der Waals surface area (Å²) in [6.45, 7) is 4.38. The lowest BCUT2D eigenvalue weighted by Crippen LogP contribution is -2.08. The van der Waals surface area contributed by atoms with Crippen molar-refractivity contribution in [2.75, 3.05) is 7.11 Å². The van der Waals surface area contributed by atoms with E-state index < -0.39 is 5.97 Å². The first kappa shape index (κ1) is 17.3. The molecule has 0 saturated heterocycles. The van der Waals surface area contributed by atoms with Crippen LogP contribution in [0.25, 0.3) is 5.57 Å². The van der Waals surface area contributed by atoms with Crippen LogP contribution in [0.2, 0.25) is 0 Å². The summed E-state index contributed by atoms with van der Waals surface area (Å²) < 4.78 is 5.13. The van der Waals surface area contributed by atoms with Gasteiger partial charge in [0.1, 0.15) is 0 Å². The monoisotopic (exact) mass is 290 g/mol. The Morgan fingerprint density at radius 3 is 2.33 bits per heavy atom. The average Bonchev–Trinajstić information content (AvgIpc) is 2.50. The summed E-state index contributed by atoms with van der Waals surface area (Å²) >= 11 is 0. The second-order valence-corrected chi connectivity index (χ2v) is 5.28. The molecule has 0 aliphatic rings. The minimum absolute atomic E-state index is 0.0625. The number of carbonyl (C=O) groups is 1. The summed E-state index contributed by atoms with van der Waals surface area (Å²) in [4.78, 5) is 11.4. The Hall–Kier alpha value is -1.77. The third-order valence-electron chi connectivity index (χ3n) is 3.87. The van der Waals surface area contributed by atoms with Crippen LogP contribution in [0, 0.1) is 5.92 Å². The number of carboxylic acids is 1. The van der Waals surface area contributed by atoms with Crippen molar-refractivity contribution in [2.24, 2.45) is 5.92 Å². The molecule has 1 unspecified atom stereocenters. The maximum Gasteiger partial charge on any atom is 0.371 e. The van der Waals surface area contributed by atoms with E-state index in [1.54, 1.807) is 0 Å². The molecule has 0 aliphatic carbocycles. The fourth-order valence-electron chi connectivity index (χ4n) is 2.68. The SMILES string of the molecule is CCCC(CC)CC/C(=C(\OC)C(=O)O)c1ccccc1. The van der Waals surface area contributed by atoms with Gasteiger partial charge in [0, 0.05) is 5.57 Å². The number of ether oxygens (including phenoxy) is 1. The maximum absolute atomic E-state index is 11.4. The van der Waals surface area contributed by atoms with E-state index in [0.29, 0.717) is 5.92 Å². The number of benzene rings is 1. The van der Waals surface area contributed by atoms with Crippen LogP contribution in [0.3, 0.4) is 0 Å². The predicted molar refractivity (Wildman–Crippen MR) is 85.9 cm³/mol. The standard InChI is InChI=1S/C18H26O3/c1-4-9-14(5-2)12-13-16(17(21-3)18(19)20)15-10-7-6-8-11-15/h6-8,10-11,14H,4-5,9,12-13H2,1-3H3,(H,19,20)/b17-16+. The van der Waals surface area contributed by atoms with Crippen molar-refractivity contribution in [2.45, 2.75) is 46.0 Å². The summed E-state index contributed by atoms with van der Waals surface area (Å²) in [6, 6.07) is 9.66. The smallest absolute Gasteiger partial charge is 0.371 e. The quantitative estimate of drug-likeness (QED) is 0.528. The zero-order valence-electron chi connectivity index (χ0n) is 13.3. The highest BCUT2D eigenvalue weighted by Gasteiger charge is 2.18. The zero-order valence-corrected chi connectivity index (χ0v) is 13.3. The van der Waals surface area contributed by atoms with Gasteiger partial charge in [-0.3, -0.25) is 0 Å². The molecule has 0 aromatic heterocycles. The van der Waals surface area contributed by atoms with E-state index in [2.05, 4.69) is 13.8 Å². The van der Waals surface area contributed by atoms with Crippen molar-refractivity contribution in [3.8, 4) is 0 Å². The van der Waals surface area contributed by atoms with Gasteiger partial charge in [-0.25, -0.2) is 4.79 Å². The van der Waals surface area contributed by atoms with E-state index in [0.717, 1.165) is 30.4 Å². The summed E-state index contributed by atoms with van der Waals surface area (Å²) in [5.41, 5.74) is 1.73. The Morgan fingerprint density at radius 1 is 1.19 bits per heavy atom. The molecule has 1 atom stereocenters. The topological polar surface area (TPSA) is 46.5 Å². The third kappa shape index (κ3) is 5.25. The van der Waals surface area contributed by atoms with Crippen LogP contribution in [0.15, 0.2) is 36.1 Å². The highest BCUT2D eigenvalue weighted by Crippen LogP contribution is 2.28. The predicted octanol–water partition coefficient (Wildman–Crippen LogP) is 4.74. The minimum atomic E-state index is -1.00. The van der Waals surface area contributed by atoms with Gasteiger partial charge in [-0.1, -0.05) is 63.4 Å². The number of methoxy groups -OCH3 is 1. The molecule has 1 rings (SSSR count). The number of carboxylic acid groups (broad SMARTS) is 1. The van der Waals surface area contributed by atoms with Crippen molar-refractivity contribution >= 4 is 11.5 Å². The number of aliphatic carboxylic acids is 1. The lowest BCUT2D eigenvalue weighted by atomic mass is 9.90. The van der Waals surface area contributed by atoms with E-state index in [1.165, 1.54) is 20.0 Å². The minimum Gasteiger partial charge on any atom is -0.490 e. The van der Waals surface area contributed by atoms with Crippen LogP contribution in [0.1, 0.15) is 51.5 Å². The number of hydrogen-bond acceptors (Lipinski definition) is 2. The van der Waals surface area contributed by atoms with E-state index in [1.807, 2.05) is 30.3 Å². The molecular weight excluding hydrogens is 264 g/mol. The van der Waals surface area contributed by atoms with Gasteiger partial charge >= 0.3 is 5.97 Å². The molecule has 1 aromatic carbocycles. The second-order valence-electron chi connectivity index (χ2n) is 5.28. The Kier molecular flexibility index (Phi) is 7.59. The molecule has 3 nitrogen and oxygen atoms in total. The van der Waals surface area contributed by atoms with Crippen molar-refractivity contribution in [1.82, 2.24) is 0 Å². The van der Waals surface area contributed by atoms with Crippen LogP contribution < -0.4 is 0 Å². The largest absolute Gasteiger partial charge is 0.490 e. The summed E-state index contributed by atoms with van der Waals surface area (Å²) in [7, 11) is 1.43. The van der Waals surface area contributed by atoms with Crippen LogP contribution >= 0.6 is 0 Å². The van der Waals surface area contributed by atoms with Crippen LogP contribution in [-0.2, 0) is 9.53 Å². The molecule has 0 aliphatic heterocycles. The molecule has 0 saturated carbocycles. The van der Waals surface area contributed by atoms with Gasteiger partial charge in [0.25, 0.3) is 0 Å². The molecule has 0 amide bonds. The van der Waals surface area contributed by atoms with Gasteiger partial charge in [0.05, 0.1) is 7.11 Å². The van der Waals surface area contributed by atoms with Gasteiger partial charge in [0.2, 0.25) is 5.76 Å². The molecule has 0 radical (unpaired) electrons. The molecule has 0 fully saturated rings. The third-order valence-corrected chi connectivity index (χ3v) is 3.87. The summed E-state index contributed by atoms with van der Waals surface area (Å²) in [5.74, 6) is -0.298. The van der Waals surface area contributed by atoms with Crippen molar-refractivity contribution in [3.63, 3.8) is 0 Å².